The minimum Gasteiger partial charge on any atom is -0.347 e. The van der Waals surface area contributed by atoms with E-state index in [1.54, 1.807) is 17.0 Å². The highest BCUT2D eigenvalue weighted by atomic mass is 32.2. The van der Waals surface area contributed by atoms with Gasteiger partial charge in [0.1, 0.15) is 0 Å². The van der Waals surface area contributed by atoms with E-state index in [1.807, 2.05) is 11.8 Å². The second-order valence-corrected chi connectivity index (χ2v) is 12.2. The van der Waals surface area contributed by atoms with Gasteiger partial charge in [0.2, 0.25) is 21.8 Å². The maximum atomic E-state index is 13.2. The summed E-state index contributed by atoms with van der Waals surface area (Å²) in [6.07, 6.45) is 5.67. The molecule has 3 fully saturated rings. The van der Waals surface area contributed by atoms with Crippen LogP contribution in [0.4, 0.5) is 0 Å². The lowest BCUT2D eigenvalue weighted by Gasteiger charge is -2.39. The van der Waals surface area contributed by atoms with Gasteiger partial charge >= 0.3 is 0 Å². The van der Waals surface area contributed by atoms with Crippen LogP contribution < -0.4 is 5.32 Å². The van der Waals surface area contributed by atoms with Gasteiger partial charge in [-0.25, -0.2) is 8.42 Å². The van der Waals surface area contributed by atoms with Gasteiger partial charge in [-0.05, 0) is 75.8 Å². The van der Waals surface area contributed by atoms with Crippen LogP contribution in [-0.4, -0.2) is 85.1 Å². The van der Waals surface area contributed by atoms with Crippen molar-refractivity contribution in [2.45, 2.75) is 55.9 Å². The number of benzene rings is 1. The Balaban J connectivity index is 1.33. The number of carbonyl (C=O) groups excluding carboxylic acids is 3. The highest BCUT2D eigenvalue weighted by Crippen LogP contribution is 2.27. The van der Waals surface area contributed by atoms with Crippen molar-refractivity contribution in [3.8, 4) is 0 Å². The third-order valence-corrected chi connectivity index (χ3v) is 9.64. The number of amides is 3. The molecule has 9 nitrogen and oxygen atoms in total. The molecular formula is C26H36N4O5S. The standard InChI is InChI=1S/C26H36N4O5S/c1-3-23(31)27-26(2)12-18-30(19-13-26)36(34,35)22-8-6-20(7-9-22)24(32)29-16-10-21(11-17-29)25(33)28-14-4-5-15-28/h3,6-9,21H,1,4-5,10-19H2,2H3,(H,27,31). The Labute approximate surface area is 213 Å². The summed E-state index contributed by atoms with van der Waals surface area (Å²) in [6.45, 7) is 8.70. The summed E-state index contributed by atoms with van der Waals surface area (Å²) in [5, 5.41) is 2.89. The summed E-state index contributed by atoms with van der Waals surface area (Å²) >= 11 is 0. The first kappa shape index (κ1) is 26.3. The molecule has 4 rings (SSSR count). The Bertz CT molecular complexity index is 1100. The Morgan fingerprint density at radius 2 is 1.53 bits per heavy atom. The first-order valence-electron chi connectivity index (χ1n) is 12.8. The van der Waals surface area contributed by atoms with Crippen molar-refractivity contribution in [3.05, 3.63) is 42.5 Å². The van der Waals surface area contributed by atoms with E-state index >= 15 is 0 Å². The quantitative estimate of drug-likeness (QED) is 0.582. The van der Waals surface area contributed by atoms with Crippen LogP contribution in [0.1, 0.15) is 55.8 Å². The van der Waals surface area contributed by atoms with Crippen LogP contribution in [0.2, 0.25) is 0 Å². The number of nitrogens with zero attached hydrogens (tertiary/aromatic N) is 3. The van der Waals surface area contributed by atoms with E-state index in [2.05, 4.69) is 11.9 Å². The van der Waals surface area contributed by atoms with Gasteiger partial charge in [0.15, 0.2) is 0 Å². The van der Waals surface area contributed by atoms with Crippen molar-refractivity contribution in [2.24, 2.45) is 5.92 Å². The minimum absolute atomic E-state index is 0.0174. The topological polar surface area (TPSA) is 107 Å². The van der Waals surface area contributed by atoms with Crippen LogP contribution in [-0.2, 0) is 19.6 Å². The van der Waals surface area contributed by atoms with Crippen molar-refractivity contribution in [1.29, 1.82) is 0 Å². The van der Waals surface area contributed by atoms with Crippen molar-refractivity contribution >= 4 is 27.7 Å². The van der Waals surface area contributed by atoms with Gasteiger partial charge < -0.3 is 15.1 Å². The van der Waals surface area contributed by atoms with E-state index < -0.39 is 15.6 Å². The smallest absolute Gasteiger partial charge is 0.253 e. The van der Waals surface area contributed by atoms with Gasteiger partial charge in [-0.1, -0.05) is 6.58 Å². The lowest BCUT2D eigenvalue weighted by atomic mass is 9.90. The Hall–Kier alpha value is -2.72. The SMILES string of the molecule is C=CC(=O)NC1(C)CCN(S(=O)(=O)c2ccc(C(=O)N3CCC(C(=O)N4CCCC4)CC3)cc2)CC1. The predicted octanol–water partition coefficient (Wildman–Crippen LogP) is 2.01. The number of likely N-dealkylation sites (tertiary alicyclic amines) is 2. The zero-order chi connectivity index (χ0) is 25.9. The van der Waals surface area contributed by atoms with Crippen LogP contribution >= 0.6 is 0 Å². The number of nitrogens with one attached hydrogen (secondary N) is 1. The maximum Gasteiger partial charge on any atom is 0.253 e. The van der Waals surface area contributed by atoms with E-state index in [0.29, 0.717) is 57.4 Å². The van der Waals surface area contributed by atoms with Crippen LogP contribution in [0.5, 0.6) is 0 Å². The molecule has 3 amide bonds. The highest BCUT2D eigenvalue weighted by Gasteiger charge is 2.36. The molecule has 3 aliphatic heterocycles. The molecule has 3 saturated heterocycles. The maximum absolute atomic E-state index is 13.2. The summed E-state index contributed by atoms with van der Waals surface area (Å²) in [5.41, 5.74) is -0.0308. The summed E-state index contributed by atoms with van der Waals surface area (Å²) in [7, 11) is -3.71. The second kappa shape index (κ2) is 10.7. The molecule has 0 atom stereocenters. The van der Waals surface area contributed by atoms with Crippen molar-refractivity contribution in [2.75, 3.05) is 39.3 Å². The fourth-order valence-corrected chi connectivity index (χ4v) is 6.76. The zero-order valence-corrected chi connectivity index (χ0v) is 21.8. The highest BCUT2D eigenvalue weighted by molar-refractivity contribution is 7.89. The lowest BCUT2D eigenvalue weighted by molar-refractivity contribution is -0.135. The monoisotopic (exact) mass is 516 g/mol. The second-order valence-electron chi connectivity index (χ2n) is 10.3. The molecule has 1 N–H and O–H groups in total. The molecule has 0 radical (unpaired) electrons. The lowest BCUT2D eigenvalue weighted by Crippen LogP contribution is -2.53. The fraction of sp³-hybridized carbons (Fsp3) is 0.577. The average Bonchev–Trinajstić information content (AvgIpc) is 3.43. The van der Waals surface area contributed by atoms with Crippen molar-refractivity contribution in [3.63, 3.8) is 0 Å². The summed E-state index contributed by atoms with van der Waals surface area (Å²) in [4.78, 5) is 41.2. The van der Waals surface area contributed by atoms with E-state index in [9.17, 15) is 22.8 Å². The minimum atomic E-state index is -3.71. The van der Waals surface area contributed by atoms with E-state index in [4.69, 9.17) is 0 Å². The molecule has 1 aromatic rings. The molecule has 3 aliphatic rings. The van der Waals surface area contributed by atoms with E-state index in [0.717, 1.165) is 25.9 Å². The predicted molar refractivity (Wildman–Crippen MR) is 136 cm³/mol. The van der Waals surface area contributed by atoms with Crippen LogP contribution in [0.15, 0.2) is 41.8 Å². The fourth-order valence-electron chi connectivity index (χ4n) is 5.32. The summed E-state index contributed by atoms with van der Waals surface area (Å²) < 4.78 is 27.7. The molecule has 0 spiro atoms. The molecule has 0 bridgehead atoms. The number of carbonyl (C=O) groups is 3. The molecule has 196 valence electrons. The van der Waals surface area contributed by atoms with Crippen LogP contribution in [0.3, 0.4) is 0 Å². The molecular weight excluding hydrogens is 480 g/mol. The number of rotatable bonds is 6. The molecule has 0 unspecified atom stereocenters. The van der Waals surface area contributed by atoms with Crippen molar-refractivity contribution < 1.29 is 22.8 Å². The molecule has 10 heteroatoms. The normalized spacial score (nSPS) is 21.2. The summed E-state index contributed by atoms with van der Waals surface area (Å²) in [5.74, 6) is -0.208. The van der Waals surface area contributed by atoms with Crippen molar-refractivity contribution in [1.82, 2.24) is 19.4 Å². The van der Waals surface area contributed by atoms with Gasteiger partial charge in [-0.3, -0.25) is 14.4 Å². The first-order valence-corrected chi connectivity index (χ1v) is 14.2. The Morgan fingerprint density at radius 1 is 0.944 bits per heavy atom. The molecule has 0 aromatic heterocycles. The molecule has 1 aromatic carbocycles. The third-order valence-electron chi connectivity index (χ3n) is 7.72. The number of hydrogen-bond acceptors (Lipinski definition) is 5. The molecule has 36 heavy (non-hydrogen) atoms. The van der Waals surface area contributed by atoms with Crippen LogP contribution in [0, 0.1) is 5.92 Å². The number of piperidine rings is 2. The largest absolute Gasteiger partial charge is 0.347 e. The van der Waals surface area contributed by atoms with Gasteiger partial charge in [-0.2, -0.15) is 4.31 Å². The number of hydrogen-bond donors (Lipinski definition) is 1. The molecule has 3 heterocycles. The van der Waals surface area contributed by atoms with Gasteiger partial charge in [0.25, 0.3) is 5.91 Å². The first-order chi connectivity index (χ1) is 17.1. The van der Waals surface area contributed by atoms with Crippen LogP contribution in [0.25, 0.3) is 0 Å². The Kier molecular flexibility index (Phi) is 7.85. The zero-order valence-electron chi connectivity index (χ0n) is 20.9. The molecule has 0 aliphatic carbocycles. The Morgan fingerprint density at radius 3 is 2.08 bits per heavy atom. The van der Waals surface area contributed by atoms with E-state index in [1.165, 1.54) is 22.5 Å². The molecule has 0 saturated carbocycles. The summed E-state index contributed by atoms with van der Waals surface area (Å²) in [6, 6.07) is 6.10. The number of sulfonamides is 1. The van der Waals surface area contributed by atoms with Gasteiger partial charge in [0.05, 0.1) is 4.90 Å². The average molecular weight is 517 g/mol. The van der Waals surface area contributed by atoms with Gasteiger partial charge in [-0.15, -0.1) is 0 Å². The third kappa shape index (κ3) is 5.64. The van der Waals surface area contributed by atoms with E-state index in [-0.39, 0.29) is 28.5 Å². The van der Waals surface area contributed by atoms with Gasteiger partial charge in [0, 0.05) is 56.3 Å².